The van der Waals surface area contributed by atoms with Crippen LogP contribution in [-0.4, -0.2) is 31.5 Å². The Hall–Kier alpha value is -0.0900. The molecular formula is C11H23NO2S. The average molecular weight is 233 g/mol. The summed E-state index contributed by atoms with van der Waals surface area (Å²) in [6, 6.07) is 0.507. The van der Waals surface area contributed by atoms with Gasteiger partial charge in [-0.05, 0) is 32.6 Å². The third kappa shape index (κ3) is 3.18. The van der Waals surface area contributed by atoms with E-state index in [9.17, 15) is 8.42 Å². The minimum absolute atomic E-state index is 0.239. The second-order valence-electron chi connectivity index (χ2n) is 6.13. The van der Waals surface area contributed by atoms with E-state index in [-0.39, 0.29) is 5.75 Å². The van der Waals surface area contributed by atoms with Gasteiger partial charge in [0, 0.05) is 12.6 Å². The van der Waals surface area contributed by atoms with E-state index in [4.69, 9.17) is 0 Å². The van der Waals surface area contributed by atoms with Crippen LogP contribution in [0.4, 0.5) is 0 Å². The zero-order valence-electron chi connectivity index (χ0n) is 10.4. The second-order valence-corrected chi connectivity index (χ2v) is 8.99. The van der Waals surface area contributed by atoms with Crippen molar-refractivity contribution in [1.82, 2.24) is 5.32 Å². The van der Waals surface area contributed by atoms with Gasteiger partial charge in [-0.2, -0.15) is 0 Å². The molecule has 1 fully saturated rings. The zero-order chi connectivity index (χ0) is 11.9. The molecule has 1 unspecified atom stereocenters. The van der Waals surface area contributed by atoms with Gasteiger partial charge >= 0.3 is 0 Å². The number of hydrogen-bond donors (Lipinski definition) is 1. The predicted molar refractivity (Wildman–Crippen MR) is 63.7 cm³/mol. The summed E-state index contributed by atoms with van der Waals surface area (Å²) in [5.41, 5.74) is 0.367. The second kappa shape index (κ2) is 3.74. The van der Waals surface area contributed by atoms with Crippen molar-refractivity contribution < 1.29 is 8.42 Å². The minimum atomic E-state index is -2.97. The molecule has 0 spiro atoms. The molecule has 0 bridgehead atoms. The van der Waals surface area contributed by atoms with Crippen molar-refractivity contribution in [2.24, 2.45) is 5.41 Å². The molecule has 0 aromatic heterocycles. The summed E-state index contributed by atoms with van der Waals surface area (Å²) >= 11 is 0. The SMILES string of the molecule is CC1(C)CC1NCCS(=O)(=O)C(C)(C)C. The first-order valence-corrected chi connectivity index (χ1v) is 7.17. The molecule has 0 amide bonds. The van der Waals surface area contributed by atoms with Crippen molar-refractivity contribution in [1.29, 1.82) is 0 Å². The monoisotopic (exact) mass is 233 g/mol. The molecule has 1 saturated carbocycles. The van der Waals surface area contributed by atoms with Gasteiger partial charge in [0.2, 0.25) is 0 Å². The molecule has 0 heterocycles. The lowest BCUT2D eigenvalue weighted by Gasteiger charge is -2.19. The van der Waals surface area contributed by atoms with E-state index < -0.39 is 14.6 Å². The first kappa shape index (κ1) is 13.0. The normalized spacial score (nSPS) is 25.3. The van der Waals surface area contributed by atoms with Gasteiger partial charge in [-0.1, -0.05) is 13.8 Å². The highest BCUT2D eigenvalue weighted by Crippen LogP contribution is 2.44. The number of nitrogens with one attached hydrogen (secondary N) is 1. The Morgan fingerprint density at radius 2 is 1.80 bits per heavy atom. The van der Waals surface area contributed by atoms with Crippen molar-refractivity contribution in [2.75, 3.05) is 12.3 Å². The van der Waals surface area contributed by atoms with Gasteiger partial charge in [-0.3, -0.25) is 0 Å². The topological polar surface area (TPSA) is 46.2 Å². The Balaban J connectivity index is 2.33. The molecule has 0 saturated heterocycles. The van der Waals surface area contributed by atoms with Crippen molar-refractivity contribution in [3.63, 3.8) is 0 Å². The zero-order valence-corrected chi connectivity index (χ0v) is 11.2. The van der Waals surface area contributed by atoms with E-state index >= 15 is 0 Å². The fraction of sp³-hybridized carbons (Fsp3) is 1.00. The highest BCUT2D eigenvalue weighted by Gasteiger charge is 2.45. The van der Waals surface area contributed by atoms with Crippen LogP contribution < -0.4 is 5.32 Å². The Bertz CT molecular complexity index is 325. The Morgan fingerprint density at radius 1 is 1.33 bits per heavy atom. The van der Waals surface area contributed by atoms with Gasteiger partial charge in [0.15, 0.2) is 9.84 Å². The van der Waals surface area contributed by atoms with Crippen LogP contribution in [0.1, 0.15) is 41.0 Å². The molecule has 4 heteroatoms. The minimum Gasteiger partial charge on any atom is -0.312 e. The maximum absolute atomic E-state index is 11.8. The molecule has 1 N–H and O–H groups in total. The molecule has 0 aromatic carbocycles. The summed E-state index contributed by atoms with van der Waals surface area (Å²) in [5, 5.41) is 3.30. The molecule has 90 valence electrons. The summed E-state index contributed by atoms with van der Waals surface area (Å²) in [6.45, 7) is 10.2. The molecule has 0 radical (unpaired) electrons. The number of sulfone groups is 1. The third-order valence-electron chi connectivity index (χ3n) is 3.21. The maximum Gasteiger partial charge on any atom is 0.156 e. The molecule has 1 atom stereocenters. The van der Waals surface area contributed by atoms with Crippen LogP contribution in [0, 0.1) is 5.41 Å². The molecule has 1 aliphatic rings. The fourth-order valence-electron chi connectivity index (χ4n) is 1.49. The van der Waals surface area contributed by atoms with Gasteiger partial charge in [-0.15, -0.1) is 0 Å². The molecule has 1 rings (SSSR count). The lowest BCUT2D eigenvalue weighted by molar-refractivity contribution is 0.537. The van der Waals surface area contributed by atoms with E-state index in [1.54, 1.807) is 20.8 Å². The Morgan fingerprint density at radius 3 is 2.13 bits per heavy atom. The molecule has 15 heavy (non-hydrogen) atoms. The Kier molecular flexibility index (Phi) is 3.23. The Labute approximate surface area is 93.6 Å². The number of hydrogen-bond acceptors (Lipinski definition) is 3. The van der Waals surface area contributed by atoms with Crippen molar-refractivity contribution in [2.45, 2.75) is 51.8 Å². The molecule has 3 nitrogen and oxygen atoms in total. The lowest BCUT2D eigenvalue weighted by atomic mass is 10.2. The predicted octanol–water partition coefficient (Wildman–Crippen LogP) is 1.59. The van der Waals surface area contributed by atoms with Gasteiger partial charge < -0.3 is 5.32 Å². The first-order valence-electron chi connectivity index (χ1n) is 5.52. The summed E-state index contributed by atoms with van der Waals surface area (Å²) in [4.78, 5) is 0. The smallest absolute Gasteiger partial charge is 0.156 e. The summed E-state index contributed by atoms with van der Waals surface area (Å²) < 4.78 is 22.9. The number of rotatable bonds is 4. The van der Waals surface area contributed by atoms with Gasteiger partial charge in [-0.25, -0.2) is 8.42 Å². The van der Waals surface area contributed by atoms with Crippen molar-refractivity contribution in [3.05, 3.63) is 0 Å². The molecule has 1 aliphatic carbocycles. The van der Waals surface area contributed by atoms with Crippen molar-refractivity contribution >= 4 is 9.84 Å². The van der Waals surface area contributed by atoms with Crippen molar-refractivity contribution in [3.8, 4) is 0 Å². The van der Waals surface area contributed by atoms with E-state index in [1.165, 1.54) is 0 Å². The van der Waals surface area contributed by atoms with Crippen LogP contribution in [0.2, 0.25) is 0 Å². The van der Waals surface area contributed by atoms with Gasteiger partial charge in [0.25, 0.3) is 0 Å². The van der Waals surface area contributed by atoms with E-state index in [2.05, 4.69) is 19.2 Å². The van der Waals surface area contributed by atoms with Crippen LogP contribution in [-0.2, 0) is 9.84 Å². The highest BCUT2D eigenvalue weighted by atomic mass is 32.2. The van der Waals surface area contributed by atoms with E-state index in [0.29, 0.717) is 18.0 Å². The molecular weight excluding hydrogens is 210 g/mol. The molecule has 0 aromatic rings. The highest BCUT2D eigenvalue weighted by molar-refractivity contribution is 7.92. The molecule has 0 aliphatic heterocycles. The summed E-state index contributed by atoms with van der Waals surface area (Å²) in [5.74, 6) is 0.239. The van der Waals surface area contributed by atoms with Gasteiger partial charge in [0.05, 0.1) is 10.5 Å². The quantitative estimate of drug-likeness (QED) is 0.802. The van der Waals surface area contributed by atoms with Crippen LogP contribution in [0.15, 0.2) is 0 Å². The van der Waals surface area contributed by atoms with Crippen LogP contribution in [0.3, 0.4) is 0 Å². The van der Waals surface area contributed by atoms with Gasteiger partial charge in [0.1, 0.15) is 0 Å². The third-order valence-corrected chi connectivity index (χ3v) is 5.82. The van der Waals surface area contributed by atoms with Crippen LogP contribution >= 0.6 is 0 Å². The summed E-state index contributed by atoms with van der Waals surface area (Å²) in [7, 11) is -2.97. The summed E-state index contributed by atoms with van der Waals surface area (Å²) in [6.07, 6.45) is 1.16. The standard InChI is InChI=1S/C11H23NO2S/c1-10(2,3)15(13,14)7-6-12-9-8-11(9,4)5/h9,12H,6-8H2,1-5H3. The lowest BCUT2D eigenvalue weighted by Crippen LogP contribution is -2.35. The fourth-order valence-corrected chi connectivity index (χ4v) is 2.49. The largest absolute Gasteiger partial charge is 0.312 e. The van der Waals surface area contributed by atoms with Crippen LogP contribution in [0.25, 0.3) is 0 Å². The maximum atomic E-state index is 11.8. The average Bonchev–Trinajstić information content (AvgIpc) is 2.56. The van der Waals surface area contributed by atoms with Crippen LogP contribution in [0.5, 0.6) is 0 Å². The van der Waals surface area contributed by atoms with E-state index in [0.717, 1.165) is 6.42 Å². The van der Waals surface area contributed by atoms with E-state index in [1.807, 2.05) is 0 Å². The first-order chi connectivity index (χ1) is 6.56.